The second kappa shape index (κ2) is 9.79. The fraction of sp³-hybridized carbons (Fsp3) is 0.238. The summed E-state index contributed by atoms with van der Waals surface area (Å²) in [6.07, 6.45) is 1.67. The molecule has 2 amide bonds. The predicted molar refractivity (Wildman–Crippen MR) is 113 cm³/mol. The van der Waals surface area contributed by atoms with Crippen LogP contribution in [0.2, 0.25) is 0 Å². The normalized spacial score (nSPS) is 11.5. The number of benzene rings is 2. The number of amides is 2. The molecule has 8 heteroatoms. The number of ether oxygens (including phenoxy) is 1. The molecule has 0 aliphatic rings. The van der Waals surface area contributed by atoms with Gasteiger partial charge in [-0.3, -0.25) is 9.59 Å². The summed E-state index contributed by atoms with van der Waals surface area (Å²) in [7, 11) is 1.57. The van der Waals surface area contributed by atoms with Crippen molar-refractivity contribution in [3.05, 3.63) is 70.2 Å². The summed E-state index contributed by atoms with van der Waals surface area (Å²) >= 11 is 0.961. The van der Waals surface area contributed by atoms with Crippen molar-refractivity contribution in [2.45, 2.75) is 25.8 Å². The predicted octanol–water partition coefficient (Wildman–Crippen LogP) is 3.55. The van der Waals surface area contributed by atoms with Crippen LogP contribution < -0.4 is 15.4 Å². The standard InChI is InChI=1S/C21H22N4O3S/c1-14(8-9-15-6-4-3-5-7-15)22-18(26)20-24-25-21(29-20)19(27)23-16-10-12-17(28-2)13-11-16/h3-7,10-14H,8-9H2,1-2H3,(H,22,26)(H,23,27). The van der Waals surface area contributed by atoms with Gasteiger partial charge in [-0.25, -0.2) is 0 Å². The van der Waals surface area contributed by atoms with Crippen molar-refractivity contribution in [1.82, 2.24) is 15.5 Å². The van der Waals surface area contributed by atoms with E-state index in [4.69, 9.17) is 4.74 Å². The van der Waals surface area contributed by atoms with Crippen molar-refractivity contribution < 1.29 is 14.3 Å². The van der Waals surface area contributed by atoms with E-state index in [-0.39, 0.29) is 22.0 Å². The zero-order valence-corrected chi connectivity index (χ0v) is 17.0. The molecule has 0 aliphatic carbocycles. The topological polar surface area (TPSA) is 93.2 Å². The Balaban J connectivity index is 1.52. The number of carbonyl (C=O) groups is 2. The minimum atomic E-state index is -0.413. The zero-order valence-electron chi connectivity index (χ0n) is 16.2. The summed E-state index contributed by atoms with van der Waals surface area (Å²) in [5.41, 5.74) is 1.83. The van der Waals surface area contributed by atoms with E-state index in [1.165, 1.54) is 5.56 Å². The van der Waals surface area contributed by atoms with Crippen LogP contribution in [0.4, 0.5) is 5.69 Å². The maximum atomic E-state index is 12.4. The summed E-state index contributed by atoms with van der Waals surface area (Å²) in [4.78, 5) is 24.7. The lowest BCUT2D eigenvalue weighted by Gasteiger charge is -2.12. The average Bonchev–Trinajstić information content (AvgIpc) is 3.24. The third kappa shape index (κ3) is 5.86. The van der Waals surface area contributed by atoms with E-state index < -0.39 is 5.91 Å². The number of carbonyl (C=O) groups excluding carboxylic acids is 2. The Morgan fingerprint density at radius 1 is 1.00 bits per heavy atom. The van der Waals surface area contributed by atoms with Crippen molar-refractivity contribution in [2.24, 2.45) is 0 Å². The smallest absolute Gasteiger partial charge is 0.286 e. The summed E-state index contributed by atoms with van der Waals surface area (Å²) in [6.45, 7) is 1.94. The average molecular weight is 410 g/mol. The van der Waals surface area contributed by atoms with Crippen LogP contribution >= 0.6 is 11.3 Å². The van der Waals surface area contributed by atoms with Gasteiger partial charge >= 0.3 is 0 Å². The molecule has 0 fully saturated rings. The molecule has 1 atom stereocenters. The first kappa shape index (κ1) is 20.5. The van der Waals surface area contributed by atoms with Gasteiger partial charge < -0.3 is 15.4 Å². The molecule has 7 nitrogen and oxygen atoms in total. The number of aromatic nitrogens is 2. The van der Waals surface area contributed by atoms with E-state index in [9.17, 15) is 9.59 Å². The van der Waals surface area contributed by atoms with Crippen molar-refractivity contribution in [3.8, 4) is 5.75 Å². The van der Waals surface area contributed by atoms with Crippen LogP contribution in [0.1, 0.15) is 38.5 Å². The second-order valence-electron chi connectivity index (χ2n) is 6.49. The van der Waals surface area contributed by atoms with Gasteiger partial charge in [-0.15, -0.1) is 10.2 Å². The molecule has 0 aliphatic heterocycles. The molecule has 1 unspecified atom stereocenters. The van der Waals surface area contributed by atoms with E-state index in [0.717, 1.165) is 24.2 Å². The highest BCUT2D eigenvalue weighted by Crippen LogP contribution is 2.17. The number of hydrogen-bond acceptors (Lipinski definition) is 6. The fourth-order valence-electron chi connectivity index (χ4n) is 2.65. The van der Waals surface area contributed by atoms with Crippen LogP contribution in [0.25, 0.3) is 0 Å². The van der Waals surface area contributed by atoms with E-state index >= 15 is 0 Å². The number of methoxy groups -OCH3 is 1. The van der Waals surface area contributed by atoms with Crippen molar-refractivity contribution in [1.29, 1.82) is 0 Å². The maximum Gasteiger partial charge on any atom is 0.286 e. The molecule has 0 saturated heterocycles. The molecule has 0 spiro atoms. The third-order valence-electron chi connectivity index (χ3n) is 4.25. The Bertz CT molecular complexity index is 958. The molecule has 3 aromatic rings. The number of anilines is 1. The van der Waals surface area contributed by atoms with Crippen LogP contribution in [0.5, 0.6) is 5.75 Å². The molecule has 2 aromatic carbocycles. The molecule has 150 valence electrons. The maximum absolute atomic E-state index is 12.4. The molecule has 3 rings (SSSR count). The lowest BCUT2D eigenvalue weighted by atomic mass is 10.1. The zero-order chi connectivity index (χ0) is 20.6. The number of nitrogens with one attached hydrogen (secondary N) is 2. The van der Waals surface area contributed by atoms with Crippen LogP contribution in [0.3, 0.4) is 0 Å². The van der Waals surface area contributed by atoms with Crippen LogP contribution in [-0.2, 0) is 6.42 Å². The minimum absolute atomic E-state index is 0.0248. The van der Waals surface area contributed by atoms with Crippen molar-refractivity contribution in [2.75, 3.05) is 12.4 Å². The number of nitrogens with zero attached hydrogens (tertiary/aromatic N) is 2. The Morgan fingerprint density at radius 2 is 1.66 bits per heavy atom. The molecule has 0 radical (unpaired) electrons. The molecule has 29 heavy (non-hydrogen) atoms. The molecule has 0 saturated carbocycles. The quantitative estimate of drug-likeness (QED) is 0.592. The second-order valence-corrected chi connectivity index (χ2v) is 7.47. The van der Waals surface area contributed by atoms with Gasteiger partial charge in [0.05, 0.1) is 7.11 Å². The highest BCUT2D eigenvalue weighted by atomic mass is 32.1. The third-order valence-corrected chi connectivity index (χ3v) is 5.17. The highest BCUT2D eigenvalue weighted by Gasteiger charge is 2.19. The lowest BCUT2D eigenvalue weighted by Crippen LogP contribution is -2.32. The number of aryl methyl sites for hydroxylation is 1. The summed E-state index contributed by atoms with van der Waals surface area (Å²) in [5.74, 6) is -0.0466. The van der Waals surface area contributed by atoms with Gasteiger partial charge in [0.25, 0.3) is 11.8 Å². The van der Waals surface area contributed by atoms with Crippen molar-refractivity contribution >= 4 is 28.8 Å². The van der Waals surface area contributed by atoms with E-state index in [0.29, 0.717) is 11.4 Å². The van der Waals surface area contributed by atoms with Crippen LogP contribution in [-0.4, -0.2) is 35.2 Å². The van der Waals surface area contributed by atoms with Crippen LogP contribution in [0, 0.1) is 0 Å². The number of rotatable bonds is 8. The Kier molecular flexibility index (Phi) is 6.91. The van der Waals surface area contributed by atoms with Gasteiger partial charge in [0.2, 0.25) is 10.0 Å². The minimum Gasteiger partial charge on any atom is -0.497 e. The van der Waals surface area contributed by atoms with Gasteiger partial charge in [0.15, 0.2) is 0 Å². The van der Waals surface area contributed by atoms with E-state index in [1.54, 1.807) is 31.4 Å². The molecule has 1 aromatic heterocycles. The van der Waals surface area contributed by atoms with Gasteiger partial charge in [0.1, 0.15) is 5.75 Å². The molecular weight excluding hydrogens is 388 g/mol. The summed E-state index contributed by atoms with van der Waals surface area (Å²) in [6, 6.07) is 17.0. The lowest BCUT2D eigenvalue weighted by molar-refractivity contribution is 0.0936. The van der Waals surface area contributed by atoms with Crippen LogP contribution in [0.15, 0.2) is 54.6 Å². The first-order chi connectivity index (χ1) is 14.0. The first-order valence-corrected chi connectivity index (χ1v) is 10.0. The Labute approximate surface area is 173 Å². The monoisotopic (exact) mass is 410 g/mol. The Morgan fingerprint density at radius 3 is 2.31 bits per heavy atom. The van der Waals surface area contributed by atoms with Crippen molar-refractivity contribution in [3.63, 3.8) is 0 Å². The van der Waals surface area contributed by atoms with E-state index in [2.05, 4.69) is 33.0 Å². The molecule has 1 heterocycles. The molecule has 0 bridgehead atoms. The fourth-order valence-corrected chi connectivity index (χ4v) is 3.29. The largest absolute Gasteiger partial charge is 0.497 e. The highest BCUT2D eigenvalue weighted by molar-refractivity contribution is 7.15. The van der Waals surface area contributed by atoms with Gasteiger partial charge in [0, 0.05) is 11.7 Å². The molecular formula is C21H22N4O3S. The summed E-state index contributed by atoms with van der Waals surface area (Å²) in [5, 5.41) is 13.6. The first-order valence-electron chi connectivity index (χ1n) is 9.19. The SMILES string of the molecule is COc1ccc(NC(=O)c2nnc(C(=O)NC(C)CCc3ccccc3)s2)cc1. The Hall–Kier alpha value is -3.26. The number of hydrogen-bond donors (Lipinski definition) is 2. The van der Waals surface area contributed by atoms with E-state index in [1.807, 2.05) is 25.1 Å². The molecule has 2 N–H and O–H groups in total. The van der Waals surface area contributed by atoms with Gasteiger partial charge in [-0.05, 0) is 49.6 Å². The summed E-state index contributed by atoms with van der Waals surface area (Å²) < 4.78 is 5.09. The van der Waals surface area contributed by atoms with Gasteiger partial charge in [-0.1, -0.05) is 41.7 Å². The van der Waals surface area contributed by atoms with Gasteiger partial charge in [-0.2, -0.15) is 0 Å².